The molecule has 6 nitrogen and oxygen atoms in total. The van der Waals surface area contributed by atoms with Crippen LogP contribution in [0.4, 0.5) is 0 Å². The zero-order valence-electron chi connectivity index (χ0n) is 10.1. The molecule has 0 aliphatic carbocycles. The number of aromatic nitrogens is 2. The van der Waals surface area contributed by atoms with E-state index in [0.29, 0.717) is 12.4 Å². The van der Waals surface area contributed by atoms with Crippen molar-refractivity contribution in [1.82, 2.24) is 19.6 Å². The number of sulfonamides is 1. The number of hydrogen-bond acceptors (Lipinski definition) is 4. The Balaban J connectivity index is 2.03. The van der Waals surface area contributed by atoms with E-state index in [-0.39, 0.29) is 11.1 Å². The highest BCUT2D eigenvalue weighted by Crippen LogP contribution is 2.09. The van der Waals surface area contributed by atoms with Crippen molar-refractivity contribution in [2.45, 2.75) is 30.8 Å². The first-order chi connectivity index (χ1) is 7.99. The van der Waals surface area contributed by atoms with Crippen LogP contribution in [0.5, 0.6) is 0 Å². The lowest BCUT2D eigenvalue weighted by Gasteiger charge is -2.10. The Hall–Kier alpha value is -0.920. The topological polar surface area (TPSA) is 76.0 Å². The largest absolute Gasteiger partial charge is 0.337 e. The van der Waals surface area contributed by atoms with E-state index in [2.05, 4.69) is 15.0 Å². The summed E-state index contributed by atoms with van der Waals surface area (Å²) in [6.07, 6.45) is 3.65. The fraction of sp³-hybridized carbons (Fsp3) is 0.700. The summed E-state index contributed by atoms with van der Waals surface area (Å²) in [7, 11) is -1.69. The molecule has 1 saturated heterocycles. The molecule has 2 heterocycles. The fourth-order valence-electron chi connectivity index (χ4n) is 1.87. The summed E-state index contributed by atoms with van der Waals surface area (Å²) in [5.74, 6) is 0.685. The fourth-order valence-corrected chi connectivity index (χ4v) is 2.99. The average molecular weight is 258 g/mol. The zero-order chi connectivity index (χ0) is 12.5. The van der Waals surface area contributed by atoms with E-state index in [4.69, 9.17) is 0 Å². The van der Waals surface area contributed by atoms with Gasteiger partial charge in [0.15, 0.2) is 5.03 Å². The summed E-state index contributed by atoms with van der Waals surface area (Å²) in [5, 5.41) is 3.34. The maximum absolute atomic E-state index is 11.9. The van der Waals surface area contributed by atoms with E-state index in [1.54, 1.807) is 18.5 Å². The molecule has 1 aromatic rings. The maximum Gasteiger partial charge on any atom is 0.259 e. The summed E-state index contributed by atoms with van der Waals surface area (Å²) in [6, 6.07) is 0.245. The molecule has 1 fully saturated rings. The third-order valence-corrected chi connectivity index (χ3v) is 4.34. The monoisotopic (exact) mass is 258 g/mol. The Morgan fingerprint density at radius 3 is 2.94 bits per heavy atom. The Kier molecular flexibility index (Phi) is 3.50. The molecule has 2 rings (SSSR count). The quantitative estimate of drug-likeness (QED) is 0.781. The van der Waals surface area contributed by atoms with E-state index >= 15 is 0 Å². The molecule has 0 aromatic carbocycles. The van der Waals surface area contributed by atoms with Crippen molar-refractivity contribution in [1.29, 1.82) is 0 Å². The molecule has 2 N–H and O–H groups in total. The molecule has 0 spiro atoms. The SMILES string of the molecule is Cc1nc(S(=O)(=O)NCC2CCCN2)cn1C. The van der Waals surface area contributed by atoms with Crippen LogP contribution in [-0.2, 0) is 17.1 Å². The first-order valence-electron chi connectivity index (χ1n) is 5.72. The molecule has 17 heavy (non-hydrogen) atoms. The first-order valence-corrected chi connectivity index (χ1v) is 7.20. The van der Waals surface area contributed by atoms with E-state index in [0.717, 1.165) is 19.4 Å². The van der Waals surface area contributed by atoms with Gasteiger partial charge in [0.1, 0.15) is 5.82 Å². The predicted molar refractivity (Wildman–Crippen MR) is 64.2 cm³/mol. The van der Waals surface area contributed by atoms with Crippen LogP contribution in [0.3, 0.4) is 0 Å². The van der Waals surface area contributed by atoms with Crippen molar-refractivity contribution in [3.8, 4) is 0 Å². The number of nitrogens with zero attached hydrogens (tertiary/aromatic N) is 2. The second-order valence-electron chi connectivity index (χ2n) is 4.38. The standard InChI is InChI=1S/C10H18N4O2S/c1-8-13-10(7-14(8)2)17(15,16)12-6-9-4-3-5-11-9/h7,9,11-12H,3-6H2,1-2H3. The Morgan fingerprint density at radius 1 is 1.65 bits per heavy atom. The van der Waals surface area contributed by atoms with Crippen LogP contribution in [0.2, 0.25) is 0 Å². The zero-order valence-corrected chi connectivity index (χ0v) is 10.9. The molecule has 0 amide bonds. The number of hydrogen-bond donors (Lipinski definition) is 2. The molecule has 7 heteroatoms. The molecule has 1 aliphatic rings. The lowest BCUT2D eigenvalue weighted by atomic mass is 10.2. The number of aryl methyl sites for hydroxylation is 2. The van der Waals surface area contributed by atoms with Crippen molar-refractivity contribution in [3.63, 3.8) is 0 Å². The first kappa shape index (κ1) is 12.5. The van der Waals surface area contributed by atoms with Crippen LogP contribution in [0, 0.1) is 6.92 Å². The molecule has 96 valence electrons. The van der Waals surface area contributed by atoms with Gasteiger partial charge in [0.2, 0.25) is 0 Å². The van der Waals surface area contributed by atoms with Gasteiger partial charge in [-0.05, 0) is 26.3 Å². The average Bonchev–Trinajstić information content (AvgIpc) is 2.87. The lowest BCUT2D eigenvalue weighted by Crippen LogP contribution is -2.37. The molecule has 1 unspecified atom stereocenters. The normalized spacial score (nSPS) is 20.9. The molecule has 1 aliphatic heterocycles. The summed E-state index contributed by atoms with van der Waals surface area (Å²) in [5.41, 5.74) is 0. The molecule has 1 aromatic heterocycles. The molecular formula is C10H18N4O2S. The van der Waals surface area contributed by atoms with Crippen molar-refractivity contribution in [3.05, 3.63) is 12.0 Å². The molecule has 0 saturated carbocycles. The van der Waals surface area contributed by atoms with Gasteiger partial charge in [0, 0.05) is 25.8 Å². The molecule has 0 bridgehead atoms. The number of imidazole rings is 1. The number of nitrogens with one attached hydrogen (secondary N) is 2. The second-order valence-corrected chi connectivity index (χ2v) is 6.10. The van der Waals surface area contributed by atoms with Crippen molar-refractivity contribution < 1.29 is 8.42 Å². The Morgan fingerprint density at radius 2 is 2.41 bits per heavy atom. The molecule has 1 atom stereocenters. The highest BCUT2D eigenvalue weighted by molar-refractivity contribution is 7.89. The van der Waals surface area contributed by atoms with Gasteiger partial charge in [-0.1, -0.05) is 0 Å². The van der Waals surface area contributed by atoms with E-state index < -0.39 is 10.0 Å². The summed E-state index contributed by atoms with van der Waals surface area (Å²) in [6.45, 7) is 3.17. The maximum atomic E-state index is 11.9. The highest BCUT2D eigenvalue weighted by atomic mass is 32.2. The second kappa shape index (κ2) is 4.75. The van der Waals surface area contributed by atoms with Gasteiger partial charge in [-0.3, -0.25) is 0 Å². The molecular weight excluding hydrogens is 240 g/mol. The highest BCUT2D eigenvalue weighted by Gasteiger charge is 2.21. The van der Waals surface area contributed by atoms with Gasteiger partial charge in [-0.15, -0.1) is 0 Å². The Labute approximate surface area is 101 Å². The van der Waals surface area contributed by atoms with Crippen LogP contribution < -0.4 is 10.0 Å². The summed E-state index contributed by atoms with van der Waals surface area (Å²) >= 11 is 0. The summed E-state index contributed by atoms with van der Waals surface area (Å²) in [4.78, 5) is 4.02. The van der Waals surface area contributed by atoms with Crippen molar-refractivity contribution in [2.24, 2.45) is 7.05 Å². The third kappa shape index (κ3) is 2.85. The van der Waals surface area contributed by atoms with Crippen LogP contribution in [0.15, 0.2) is 11.2 Å². The van der Waals surface area contributed by atoms with Crippen LogP contribution in [0.1, 0.15) is 18.7 Å². The van der Waals surface area contributed by atoms with E-state index in [9.17, 15) is 8.42 Å². The molecule has 0 radical (unpaired) electrons. The summed E-state index contributed by atoms with van der Waals surface area (Å²) < 4.78 is 28.2. The van der Waals surface area contributed by atoms with Gasteiger partial charge < -0.3 is 9.88 Å². The number of rotatable bonds is 4. The van der Waals surface area contributed by atoms with Gasteiger partial charge >= 0.3 is 0 Å². The Bertz CT molecular complexity index is 469. The minimum Gasteiger partial charge on any atom is -0.337 e. The van der Waals surface area contributed by atoms with E-state index in [1.165, 1.54) is 6.20 Å². The van der Waals surface area contributed by atoms with E-state index in [1.807, 2.05) is 0 Å². The van der Waals surface area contributed by atoms with Gasteiger partial charge in [-0.25, -0.2) is 18.1 Å². The smallest absolute Gasteiger partial charge is 0.259 e. The third-order valence-electron chi connectivity index (χ3n) is 3.04. The lowest BCUT2D eigenvalue weighted by molar-refractivity contribution is 0.549. The van der Waals surface area contributed by atoms with Gasteiger partial charge in [0.05, 0.1) is 0 Å². The van der Waals surface area contributed by atoms with Crippen LogP contribution >= 0.6 is 0 Å². The van der Waals surface area contributed by atoms with Crippen molar-refractivity contribution >= 4 is 10.0 Å². The van der Waals surface area contributed by atoms with Crippen molar-refractivity contribution in [2.75, 3.05) is 13.1 Å². The van der Waals surface area contributed by atoms with Crippen LogP contribution in [0.25, 0.3) is 0 Å². The van der Waals surface area contributed by atoms with Gasteiger partial charge in [-0.2, -0.15) is 0 Å². The predicted octanol–water partition coefficient (Wildman–Crippen LogP) is -0.241. The minimum absolute atomic E-state index is 0.0931. The van der Waals surface area contributed by atoms with Gasteiger partial charge in [0.25, 0.3) is 10.0 Å². The van der Waals surface area contributed by atoms with Crippen LogP contribution in [-0.4, -0.2) is 37.1 Å². The minimum atomic E-state index is -3.47.